The summed E-state index contributed by atoms with van der Waals surface area (Å²) in [4.78, 5) is 12.5. The second-order valence-corrected chi connectivity index (χ2v) is 4.66. The molecule has 18 heavy (non-hydrogen) atoms. The van der Waals surface area contributed by atoms with Crippen LogP contribution in [0.4, 0.5) is 0 Å². The van der Waals surface area contributed by atoms with E-state index in [-0.39, 0.29) is 19.2 Å². The second-order valence-electron chi connectivity index (χ2n) is 4.66. The summed E-state index contributed by atoms with van der Waals surface area (Å²) in [5, 5.41) is 17.9. The summed E-state index contributed by atoms with van der Waals surface area (Å²) in [5.41, 5.74) is 2.37. The van der Waals surface area contributed by atoms with Crippen LogP contribution in [0.15, 0.2) is 24.3 Å². The number of carboxylic acid groups (broad SMARTS) is 1. The Hall–Kier alpha value is -1.39. The molecule has 100 valence electrons. The molecule has 1 rings (SSSR count). The number of aliphatic hydroxyl groups is 1. The molecule has 0 saturated heterocycles. The summed E-state index contributed by atoms with van der Waals surface area (Å²) >= 11 is 0. The second kappa shape index (κ2) is 7.13. The highest BCUT2D eigenvalue weighted by molar-refractivity contribution is 5.69. The van der Waals surface area contributed by atoms with Crippen molar-refractivity contribution in [3.05, 3.63) is 35.4 Å². The summed E-state index contributed by atoms with van der Waals surface area (Å²) < 4.78 is 0. The van der Waals surface area contributed by atoms with Gasteiger partial charge in [-0.15, -0.1) is 0 Å². The van der Waals surface area contributed by atoms with Crippen molar-refractivity contribution in [2.24, 2.45) is 0 Å². The van der Waals surface area contributed by atoms with Gasteiger partial charge in [-0.2, -0.15) is 0 Å². The van der Waals surface area contributed by atoms with Gasteiger partial charge in [0, 0.05) is 12.6 Å². The van der Waals surface area contributed by atoms with Gasteiger partial charge in [-0.25, -0.2) is 0 Å². The van der Waals surface area contributed by atoms with E-state index >= 15 is 0 Å². The summed E-state index contributed by atoms with van der Waals surface area (Å²) in [6, 6.07) is 8.24. The topological polar surface area (TPSA) is 60.8 Å². The number of benzene rings is 1. The van der Waals surface area contributed by atoms with Gasteiger partial charge in [0.25, 0.3) is 0 Å². The van der Waals surface area contributed by atoms with Crippen LogP contribution >= 0.6 is 0 Å². The van der Waals surface area contributed by atoms with E-state index in [1.54, 1.807) is 11.9 Å². The molecule has 0 heterocycles. The molecule has 0 amide bonds. The van der Waals surface area contributed by atoms with Gasteiger partial charge in [0.1, 0.15) is 0 Å². The average Bonchev–Trinajstić information content (AvgIpc) is 2.30. The number of aliphatic carboxylic acids is 1. The Morgan fingerprint density at radius 3 is 2.44 bits per heavy atom. The molecule has 0 radical (unpaired) electrons. The molecule has 1 aromatic rings. The molecule has 0 saturated carbocycles. The van der Waals surface area contributed by atoms with Crippen LogP contribution in [-0.2, 0) is 11.2 Å². The molecule has 4 heteroatoms. The van der Waals surface area contributed by atoms with Gasteiger partial charge >= 0.3 is 5.97 Å². The lowest BCUT2D eigenvalue weighted by Crippen LogP contribution is -2.38. The minimum Gasteiger partial charge on any atom is -0.480 e. The highest BCUT2D eigenvalue weighted by Gasteiger charge is 2.17. The van der Waals surface area contributed by atoms with Crippen LogP contribution in [0.5, 0.6) is 0 Å². The number of aliphatic hydroxyl groups excluding tert-OH is 1. The summed E-state index contributed by atoms with van der Waals surface area (Å²) in [7, 11) is 1.78. The maximum atomic E-state index is 10.7. The summed E-state index contributed by atoms with van der Waals surface area (Å²) in [6.45, 7) is 2.10. The van der Waals surface area contributed by atoms with Gasteiger partial charge in [0.05, 0.1) is 6.54 Å². The number of likely N-dealkylation sites (N-methyl/N-ethyl adjacent to an activating group) is 1. The molecule has 0 aliphatic rings. The van der Waals surface area contributed by atoms with E-state index in [4.69, 9.17) is 10.2 Å². The molecule has 0 aliphatic carbocycles. The van der Waals surface area contributed by atoms with Crippen LogP contribution in [-0.4, -0.2) is 47.3 Å². The SMILES string of the molecule is Cc1ccc(C[C@@H](CCO)N(C)CC(=O)O)cc1. The zero-order valence-electron chi connectivity index (χ0n) is 11.0. The van der Waals surface area contributed by atoms with Gasteiger partial charge in [0.15, 0.2) is 0 Å². The molecule has 0 fully saturated rings. The van der Waals surface area contributed by atoms with Crippen LogP contribution in [0.2, 0.25) is 0 Å². The first-order chi connectivity index (χ1) is 8.52. The molecule has 0 spiro atoms. The molecule has 2 N–H and O–H groups in total. The number of nitrogens with zero attached hydrogens (tertiary/aromatic N) is 1. The third-order valence-electron chi connectivity index (χ3n) is 3.06. The number of hydrogen-bond donors (Lipinski definition) is 2. The van der Waals surface area contributed by atoms with Crippen LogP contribution < -0.4 is 0 Å². The summed E-state index contributed by atoms with van der Waals surface area (Å²) in [6.07, 6.45) is 1.34. The van der Waals surface area contributed by atoms with Crippen LogP contribution in [0.1, 0.15) is 17.5 Å². The van der Waals surface area contributed by atoms with Crippen LogP contribution in [0, 0.1) is 6.92 Å². The van der Waals surface area contributed by atoms with E-state index < -0.39 is 5.97 Å². The standard InChI is InChI=1S/C14H21NO3/c1-11-3-5-12(6-4-11)9-13(7-8-16)15(2)10-14(17)18/h3-6,13,16H,7-10H2,1-2H3,(H,17,18)/t13-/m1/s1. The van der Waals surface area contributed by atoms with E-state index in [9.17, 15) is 4.79 Å². The Balaban J connectivity index is 2.67. The third-order valence-corrected chi connectivity index (χ3v) is 3.06. The first kappa shape index (κ1) is 14.7. The number of rotatable bonds is 7. The lowest BCUT2D eigenvalue weighted by molar-refractivity contribution is -0.138. The fourth-order valence-corrected chi connectivity index (χ4v) is 1.97. The predicted molar refractivity (Wildman–Crippen MR) is 70.6 cm³/mol. The number of carboxylic acids is 1. The van der Waals surface area contributed by atoms with Crippen LogP contribution in [0.25, 0.3) is 0 Å². The zero-order valence-corrected chi connectivity index (χ0v) is 11.0. The molecule has 1 aromatic carbocycles. The molecule has 0 aliphatic heterocycles. The molecule has 1 atom stereocenters. The zero-order chi connectivity index (χ0) is 13.5. The lowest BCUT2D eigenvalue weighted by Gasteiger charge is -2.26. The van der Waals surface area contributed by atoms with Gasteiger partial charge in [0.2, 0.25) is 0 Å². The van der Waals surface area contributed by atoms with Gasteiger partial charge in [-0.3, -0.25) is 9.69 Å². The van der Waals surface area contributed by atoms with E-state index in [0.717, 1.165) is 12.0 Å². The molecule has 0 aromatic heterocycles. The molecule has 0 bridgehead atoms. The highest BCUT2D eigenvalue weighted by atomic mass is 16.4. The number of aryl methyl sites for hydroxylation is 1. The van der Waals surface area contributed by atoms with E-state index in [2.05, 4.69) is 0 Å². The first-order valence-corrected chi connectivity index (χ1v) is 6.11. The normalized spacial score (nSPS) is 12.7. The Morgan fingerprint density at radius 2 is 1.94 bits per heavy atom. The average molecular weight is 251 g/mol. The highest BCUT2D eigenvalue weighted by Crippen LogP contribution is 2.12. The Bertz CT molecular complexity index is 375. The fraction of sp³-hybridized carbons (Fsp3) is 0.500. The van der Waals surface area contributed by atoms with E-state index in [1.165, 1.54) is 5.56 Å². The van der Waals surface area contributed by atoms with E-state index in [0.29, 0.717) is 6.42 Å². The van der Waals surface area contributed by atoms with Gasteiger partial charge < -0.3 is 10.2 Å². The summed E-state index contributed by atoms with van der Waals surface area (Å²) in [5.74, 6) is -0.843. The molecule has 4 nitrogen and oxygen atoms in total. The van der Waals surface area contributed by atoms with Crippen molar-refractivity contribution >= 4 is 5.97 Å². The smallest absolute Gasteiger partial charge is 0.317 e. The minimum absolute atomic E-state index is 0.00344. The third kappa shape index (κ3) is 4.85. The molecular weight excluding hydrogens is 230 g/mol. The Labute approximate surface area is 108 Å². The quantitative estimate of drug-likeness (QED) is 0.767. The van der Waals surface area contributed by atoms with Gasteiger partial charge in [-0.1, -0.05) is 29.8 Å². The molecular formula is C14H21NO3. The monoisotopic (exact) mass is 251 g/mol. The van der Waals surface area contributed by atoms with Crippen molar-refractivity contribution < 1.29 is 15.0 Å². The van der Waals surface area contributed by atoms with Crippen molar-refractivity contribution in [1.29, 1.82) is 0 Å². The fourth-order valence-electron chi connectivity index (χ4n) is 1.97. The lowest BCUT2D eigenvalue weighted by atomic mass is 10.0. The van der Waals surface area contributed by atoms with Crippen molar-refractivity contribution in [2.45, 2.75) is 25.8 Å². The van der Waals surface area contributed by atoms with Crippen molar-refractivity contribution in [2.75, 3.05) is 20.2 Å². The number of hydrogen-bond acceptors (Lipinski definition) is 3. The van der Waals surface area contributed by atoms with Crippen molar-refractivity contribution in [3.63, 3.8) is 0 Å². The largest absolute Gasteiger partial charge is 0.480 e. The maximum absolute atomic E-state index is 10.7. The number of carbonyl (C=O) groups is 1. The minimum atomic E-state index is -0.843. The Morgan fingerprint density at radius 1 is 1.33 bits per heavy atom. The predicted octanol–water partition coefficient (Wildman–Crippen LogP) is 1.30. The first-order valence-electron chi connectivity index (χ1n) is 6.11. The van der Waals surface area contributed by atoms with Crippen molar-refractivity contribution in [1.82, 2.24) is 4.90 Å². The maximum Gasteiger partial charge on any atom is 0.317 e. The van der Waals surface area contributed by atoms with Gasteiger partial charge in [-0.05, 0) is 32.4 Å². The van der Waals surface area contributed by atoms with E-state index in [1.807, 2.05) is 31.2 Å². The molecule has 0 unspecified atom stereocenters. The van der Waals surface area contributed by atoms with Crippen molar-refractivity contribution in [3.8, 4) is 0 Å². The Kier molecular flexibility index (Phi) is 5.82. The van der Waals surface area contributed by atoms with Crippen LogP contribution in [0.3, 0.4) is 0 Å².